The van der Waals surface area contributed by atoms with Crippen LogP contribution >= 0.6 is 12.6 Å². The van der Waals surface area contributed by atoms with Crippen LogP contribution in [-0.4, -0.2) is 24.5 Å². The molecule has 60 valence electrons. The molecule has 0 saturated heterocycles. The van der Waals surface area contributed by atoms with Crippen molar-refractivity contribution in [3.63, 3.8) is 0 Å². The Morgan fingerprint density at radius 2 is 2.40 bits per heavy atom. The summed E-state index contributed by atoms with van der Waals surface area (Å²) in [6.07, 6.45) is -0.372. The number of carbonyl (C=O) groups excluding carboxylic acids is 1. The van der Waals surface area contributed by atoms with Gasteiger partial charge in [-0.15, -0.1) is 0 Å². The number of amides is 1. The van der Waals surface area contributed by atoms with E-state index in [9.17, 15) is 4.79 Å². The summed E-state index contributed by atoms with van der Waals surface area (Å²) in [7, 11) is 0. The average molecular weight is 163 g/mol. The Kier molecular flexibility index (Phi) is 5.20. The lowest BCUT2D eigenvalue weighted by Crippen LogP contribution is -2.25. The Morgan fingerprint density at radius 3 is 2.80 bits per heavy atom. The van der Waals surface area contributed by atoms with E-state index >= 15 is 0 Å². The number of alkyl carbamates (subject to hydrolysis) is 1. The summed E-state index contributed by atoms with van der Waals surface area (Å²) < 4.78 is 4.72. The van der Waals surface area contributed by atoms with Gasteiger partial charge in [-0.05, 0) is 6.92 Å². The fourth-order valence-electron chi connectivity index (χ4n) is 0.392. The van der Waals surface area contributed by atoms with Gasteiger partial charge in [0.15, 0.2) is 0 Å². The molecule has 4 heteroatoms. The third-order valence-corrected chi connectivity index (χ3v) is 0.926. The van der Waals surface area contributed by atoms with Gasteiger partial charge in [0.2, 0.25) is 0 Å². The van der Waals surface area contributed by atoms with Crippen molar-refractivity contribution in [1.29, 1.82) is 0 Å². The molecule has 3 nitrogen and oxygen atoms in total. The molecule has 0 heterocycles. The van der Waals surface area contributed by atoms with Gasteiger partial charge in [0.25, 0.3) is 0 Å². The zero-order valence-corrected chi connectivity index (χ0v) is 7.15. The summed E-state index contributed by atoms with van der Waals surface area (Å²) in [5.74, 6) is 0. The van der Waals surface area contributed by atoms with Gasteiger partial charge in [-0.2, -0.15) is 12.6 Å². The predicted octanol–water partition coefficient (Wildman–Crippen LogP) is 1.05. The fraction of sp³-hybridized carbons (Fsp3) is 0.833. The fourth-order valence-corrected chi connectivity index (χ4v) is 0.466. The van der Waals surface area contributed by atoms with Crippen molar-refractivity contribution in [2.75, 3.05) is 13.2 Å². The molecule has 0 radical (unpaired) electrons. The van der Waals surface area contributed by atoms with Crippen LogP contribution in [0.15, 0.2) is 0 Å². The molecule has 0 spiro atoms. The molecule has 0 aromatic rings. The van der Waals surface area contributed by atoms with Crippen molar-refractivity contribution in [2.45, 2.75) is 19.1 Å². The summed E-state index contributed by atoms with van der Waals surface area (Å²) in [6.45, 7) is 4.66. The first-order valence-corrected chi connectivity index (χ1v) is 3.77. The highest BCUT2D eigenvalue weighted by Gasteiger charge is 2.00. The van der Waals surface area contributed by atoms with Crippen molar-refractivity contribution in [3.8, 4) is 0 Å². The summed E-state index contributed by atoms with van der Waals surface area (Å²) >= 11 is 4.04. The first-order valence-electron chi connectivity index (χ1n) is 3.25. The maximum absolute atomic E-state index is 10.6. The zero-order chi connectivity index (χ0) is 7.98. The highest BCUT2D eigenvalue weighted by atomic mass is 32.1. The van der Waals surface area contributed by atoms with Crippen LogP contribution < -0.4 is 5.32 Å². The molecule has 0 bridgehead atoms. The topological polar surface area (TPSA) is 38.3 Å². The second-order valence-electron chi connectivity index (χ2n) is 1.98. The van der Waals surface area contributed by atoms with E-state index in [-0.39, 0.29) is 11.3 Å². The molecule has 1 unspecified atom stereocenters. The lowest BCUT2D eigenvalue weighted by Gasteiger charge is -2.05. The van der Waals surface area contributed by atoms with E-state index in [0.717, 1.165) is 0 Å². The van der Waals surface area contributed by atoms with Crippen LogP contribution in [0.3, 0.4) is 0 Å². The Hall–Kier alpha value is -0.380. The van der Waals surface area contributed by atoms with Crippen LogP contribution in [0.2, 0.25) is 0 Å². The minimum Gasteiger partial charge on any atom is -0.448 e. The van der Waals surface area contributed by atoms with E-state index in [4.69, 9.17) is 4.74 Å². The van der Waals surface area contributed by atoms with E-state index in [2.05, 4.69) is 17.9 Å². The molecule has 0 fully saturated rings. The molecular weight excluding hydrogens is 150 g/mol. The second-order valence-corrected chi connectivity index (χ2v) is 2.86. The zero-order valence-electron chi connectivity index (χ0n) is 6.26. The molecular formula is C6H13NO2S. The molecule has 0 rings (SSSR count). The van der Waals surface area contributed by atoms with Gasteiger partial charge in [-0.25, -0.2) is 4.79 Å². The molecule has 0 saturated carbocycles. The Bertz CT molecular complexity index is 106. The van der Waals surface area contributed by atoms with Crippen LogP contribution in [0, 0.1) is 0 Å². The van der Waals surface area contributed by atoms with Crippen molar-refractivity contribution in [3.05, 3.63) is 0 Å². The summed E-state index contributed by atoms with van der Waals surface area (Å²) in [5, 5.41) is 2.61. The van der Waals surface area contributed by atoms with E-state index in [1.54, 1.807) is 0 Å². The lowest BCUT2D eigenvalue weighted by molar-refractivity contribution is 0.148. The number of thiol groups is 1. The van der Waals surface area contributed by atoms with Gasteiger partial charge in [0.05, 0.1) is 0 Å². The standard InChI is InChI=1S/C6H13NO2S/c1-3-7-6(8)9-4-5(2)10/h5,10H,3-4H2,1-2H3,(H,7,8). The first-order chi connectivity index (χ1) is 4.66. The van der Waals surface area contributed by atoms with Crippen LogP contribution in [0.1, 0.15) is 13.8 Å². The Labute approximate surface area is 66.5 Å². The molecule has 0 aromatic carbocycles. The van der Waals surface area contributed by atoms with Gasteiger partial charge in [0, 0.05) is 11.8 Å². The lowest BCUT2D eigenvalue weighted by atomic mass is 10.5. The number of ether oxygens (including phenoxy) is 1. The number of rotatable bonds is 3. The van der Waals surface area contributed by atoms with Crippen LogP contribution in [0.25, 0.3) is 0 Å². The van der Waals surface area contributed by atoms with Crippen LogP contribution in [0.4, 0.5) is 4.79 Å². The smallest absolute Gasteiger partial charge is 0.407 e. The molecule has 1 amide bonds. The summed E-state index contributed by atoms with van der Waals surface area (Å²) in [5.41, 5.74) is 0. The first kappa shape index (κ1) is 9.62. The average Bonchev–Trinajstić information content (AvgIpc) is 1.85. The highest BCUT2D eigenvalue weighted by Crippen LogP contribution is 1.92. The third-order valence-electron chi connectivity index (χ3n) is 0.777. The van der Waals surface area contributed by atoms with Crippen LogP contribution in [0.5, 0.6) is 0 Å². The Balaban J connectivity index is 3.22. The SMILES string of the molecule is CCNC(=O)OCC(C)S. The number of hydrogen-bond acceptors (Lipinski definition) is 3. The summed E-state index contributed by atoms with van der Waals surface area (Å²) in [4.78, 5) is 10.6. The van der Waals surface area contributed by atoms with Crippen molar-refractivity contribution < 1.29 is 9.53 Å². The number of nitrogens with one attached hydrogen (secondary N) is 1. The van der Waals surface area contributed by atoms with E-state index in [1.807, 2.05) is 13.8 Å². The van der Waals surface area contributed by atoms with Gasteiger partial charge in [0.1, 0.15) is 6.61 Å². The quantitative estimate of drug-likeness (QED) is 0.610. The van der Waals surface area contributed by atoms with E-state index < -0.39 is 0 Å². The maximum atomic E-state index is 10.6. The second kappa shape index (κ2) is 5.41. The van der Waals surface area contributed by atoms with Crippen molar-refractivity contribution in [1.82, 2.24) is 5.32 Å². The molecule has 1 N–H and O–H groups in total. The largest absolute Gasteiger partial charge is 0.448 e. The van der Waals surface area contributed by atoms with E-state index in [0.29, 0.717) is 13.2 Å². The van der Waals surface area contributed by atoms with Gasteiger partial charge >= 0.3 is 6.09 Å². The van der Waals surface area contributed by atoms with E-state index in [1.165, 1.54) is 0 Å². The Morgan fingerprint density at radius 1 is 1.80 bits per heavy atom. The number of hydrogen-bond donors (Lipinski definition) is 2. The molecule has 1 atom stereocenters. The highest BCUT2D eigenvalue weighted by molar-refractivity contribution is 7.80. The monoisotopic (exact) mass is 163 g/mol. The predicted molar refractivity (Wildman–Crippen MR) is 43.5 cm³/mol. The normalized spacial score (nSPS) is 12.3. The van der Waals surface area contributed by atoms with Gasteiger partial charge in [-0.3, -0.25) is 0 Å². The minimum atomic E-state index is -0.372. The van der Waals surface area contributed by atoms with Crippen molar-refractivity contribution >= 4 is 18.7 Å². The summed E-state index contributed by atoms with van der Waals surface area (Å²) in [6, 6.07) is 0. The van der Waals surface area contributed by atoms with Crippen LogP contribution in [-0.2, 0) is 4.74 Å². The maximum Gasteiger partial charge on any atom is 0.407 e. The molecule has 10 heavy (non-hydrogen) atoms. The number of carbonyl (C=O) groups is 1. The molecule has 0 aliphatic heterocycles. The third kappa shape index (κ3) is 5.75. The van der Waals surface area contributed by atoms with Crippen molar-refractivity contribution in [2.24, 2.45) is 0 Å². The van der Waals surface area contributed by atoms with Gasteiger partial charge < -0.3 is 10.1 Å². The van der Waals surface area contributed by atoms with Gasteiger partial charge in [-0.1, -0.05) is 6.92 Å². The molecule has 0 aliphatic carbocycles. The molecule has 0 aliphatic rings. The molecule has 0 aromatic heterocycles. The minimum absolute atomic E-state index is 0.0996.